The van der Waals surface area contributed by atoms with Crippen molar-refractivity contribution < 1.29 is 4.39 Å². The quantitative estimate of drug-likeness (QED) is 0.400. The van der Waals surface area contributed by atoms with E-state index in [-0.39, 0.29) is 5.82 Å². The maximum absolute atomic E-state index is 13.5. The lowest BCUT2D eigenvalue weighted by Gasteiger charge is -2.01. The van der Waals surface area contributed by atoms with Gasteiger partial charge >= 0.3 is 0 Å². The summed E-state index contributed by atoms with van der Waals surface area (Å²) in [6.45, 7) is 4.63. The second-order valence-electron chi connectivity index (χ2n) is 5.14. The first-order chi connectivity index (χ1) is 12.1. The molecule has 0 aliphatic rings. The van der Waals surface area contributed by atoms with Crippen LogP contribution in [0.15, 0.2) is 42.6 Å². The van der Waals surface area contributed by atoms with Crippen LogP contribution >= 0.6 is 34.8 Å². The molecule has 0 unspecified atom stereocenters. The summed E-state index contributed by atoms with van der Waals surface area (Å²) in [5, 5.41) is 2.02. The molecule has 3 aromatic rings. The monoisotopic (exact) mass is 397 g/mol. The van der Waals surface area contributed by atoms with E-state index in [1.165, 1.54) is 12.1 Å². The molecule has 0 N–H and O–H groups in total. The summed E-state index contributed by atoms with van der Waals surface area (Å²) >= 11 is 17.8. The molecule has 0 saturated heterocycles. The molecular formula is C20H19Cl3FN. The number of nitrogens with zero attached hydrogens (tertiary/aromatic N) is 1. The summed E-state index contributed by atoms with van der Waals surface area (Å²) in [5.74, 6) is 0.211. The number of hydrogen-bond donors (Lipinski definition) is 0. The summed E-state index contributed by atoms with van der Waals surface area (Å²) in [4.78, 5) is 0. The van der Waals surface area contributed by atoms with E-state index in [0.29, 0.717) is 22.5 Å². The van der Waals surface area contributed by atoms with Crippen LogP contribution in [0, 0.1) is 5.82 Å². The predicted molar refractivity (Wildman–Crippen MR) is 109 cm³/mol. The van der Waals surface area contributed by atoms with Crippen LogP contribution in [0.25, 0.3) is 23.1 Å². The van der Waals surface area contributed by atoms with Crippen molar-refractivity contribution in [2.75, 3.05) is 5.88 Å². The second-order valence-corrected chi connectivity index (χ2v) is 6.33. The first kappa shape index (κ1) is 19.8. The third-order valence-corrected chi connectivity index (χ3v) is 4.51. The van der Waals surface area contributed by atoms with Crippen LogP contribution in [-0.2, 0) is 6.54 Å². The Labute approximate surface area is 162 Å². The Bertz CT molecular complexity index is 884. The molecule has 5 heteroatoms. The number of aromatic nitrogens is 1. The highest BCUT2D eigenvalue weighted by Crippen LogP contribution is 2.26. The molecule has 1 heterocycles. The number of fused-ring (bicyclic) bond motifs is 1. The van der Waals surface area contributed by atoms with Gasteiger partial charge in [0.15, 0.2) is 0 Å². The third-order valence-electron chi connectivity index (χ3n) is 3.60. The Hall–Kier alpha value is -1.48. The molecule has 0 fully saturated rings. The topological polar surface area (TPSA) is 4.93 Å². The fraction of sp³-hybridized carbons (Fsp3) is 0.200. The fourth-order valence-electron chi connectivity index (χ4n) is 2.50. The number of halogens is 4. The predicted octanol–water partition coefficient (Wildman–Crippen LogP) is 7.52. The van der Waals surface area contributed by atoms with E-state index < -0.39 is 0 Å². The van der Waals surface area contributed by atoms with Gasteiger partial charge in [0.1, 0.15) is 5.82 Å². The lowest BCUT2D eigenvalue weighted by atomic mass is 10.1. The van der Waals surface area contributed by atoms with E-state index in [4.69, 9.17) is 34.8 Å². The van der Waals surface area contributed by atoms with Crippen molar-refractivity contribution in [1.29, 1.82) is 0 Å². The van der Waals surface area contributed by atoms with E-state index in [0.717, 1.165) is 22.0 Å². The molecule has 1 aromatic heterocycles. The lowest BCUT2D eigenvalue weighted by molar-refractivity contribution is 0.628. The number of rotatable bonds is 4. The normalized spacial score (nSPS) is 11.0. The molecule has 0 saturated carbocycles. The van der Waals surface area contributed by atoms with Gasteiger partial charge in [-0.15, -0.1) is 11.6 Å². The largest absolute Gasteiger partial charge is 0.346 e. The minimum atomic E-state index is -0.258. The molecule has 0 aliphatic heterocycles. The van der Waals surface area contributed by atoms with Crippen molar-refractivity contribution in [3.63, 3.8) is 0 Å². The number of benzene rings is 2. The molecule has 0 atom stereocenters. The second kappa shape index (κ2) is 9.28. The molecule has 0 radical (unpaired) electrons. The van der Waals surface area contributed by atoms with Crippen LogP contribution < -0.4 is 0 Å². The van der Waals surface area contributed by atoms with Crippen molar-refractivity contribution in [3.05, 3.63) is 69.6 Å². The standard InChI is InChI=1S/C18H13Cl3FN.C2H6/c19-7-8-23-11-13(15-5-4-14(22)10-18(15)23)3-1-12-2-6-16(20)17(21)9-12;1-2/h1-6,9-11H,7-8H2;1-2H3/b3-1+;. The zero-order chi connectivity index (χ0) is 18.4. The van der Waals surface area contributed by atoms with E-state index >= 15 is 0 Å². The van der Waals surface area contributed by atoms with E-state index in [9.17, 15) is 4.39 Å². The van der Waals surface area contributed by atoms with Crippen LogP contribution in [0.3, 0.4) is 0 Å². The highest BCUT2D eigenvalue weighted by atomic mass is 35.5. The summed E-state index contributed by atoms with van der Waals surface area (Å²) in [5.41, 5.74) is 2.77. The zero-order valence-corrected chi connectivity index (χ0v) is 16.3. The maximum Gasteiger partial charge on any atom is 0.125 e. The van der Waals surface area contributed by atoms with Gasteiger partial charge < -0.3 is 4.57 Å². The maximum atomic E-state index is 13.5. The average Bonchev–Trinajstić information content (AvgIpc) is 2.95. The van der Waals surface area contributed by atoms with Crippen molar-refractivity contribution in [3.8, 4) is 0 Å². The number of aryl methyl sites for hydroxylation is 1. The average molecular weight is 399 g/mol. The summed E-state index contributed by atoms with van der Waals surface area (Å²) in [6, 6.07) is 10.2. The SMILES string of the molecule is CC.Fc1ccc2c(/C=C/c3ccc(Cl)c(Cl)c3)cn(CCCl)c2c1. The first-order valence-corrected chi connectivity index (χ1v) is 9.35. The molecule has 0 spiro atoms. The van der Waals surface area contributed by atoms with Gasteiger partial charge in [-0.25, -0.2) is 4.39 Å². The van der Waals surface area contributed by atoms with Crippen LogP contribution in [0.5, 0.6) is 0 Å². The van der Waals surface area contributed by atoms with Gasteiger partial charge in [0.25, 0.3) is 0 Å². The molecule has 0 amide bonds. The summed E-state index contributed by atoms with van der Waals surface area (Å²) in [6.07, 6.45) is 5.90. The Morgan fingerprint density at radius 3 is 2.44 bits per heavy atom. The fourth-order valence-corrected chi connectivity index (χ4v) is 2.99. The van der Waals surface area contributed by atoms with Crippen LogP contribution in [-0.4, -0.2) is 10.4 Å². The Balaban J connectivity index is 0.00000109. The van der Waals surface area contributed by atoms with Crippen LogP contribution in [0.4, 0.5) is 4.39 Å². The minimum Gasteiger partial charge on any atom is -0.346 e. The summed E-state index contributed by atoms with van der Waals surface area (Å²) in [7, 11) is 0. The van der Waals surface area contributed by atoms with Crippen molar-refractivity contribution in [2.24, 2.45) is 0 Å². The van der Waals surface area contributed by atoms with Gasteiger partial charge in [-0.1, -0.05) is 55.3 Å². The third kappa shape index (κ3) is 4.78. The van der Waals surface area contributed by atoms with Gasteiger partial charge in [0.2, 0.25) is 0 Å². The molecule has 0 bridgehead atoms. The van der Waals surface area contributed by atoms with Crippen LogP contribution in [0.1, 0.15) is 25.0 Å². The molecule has 0 aliphatic carbocycles. The number of hydrogen-bond acceptors (Lipinski definition) is 0. The van der Waals surface area contributed by atoms with Crippen molar-refractivity contribution in [1.82, 2.24) is 4.57 Å². The van der Waals surface area contributed by atoms with Gasteiger partial charge in [-0.3, -0.25) is 0 Å². The smallest absolute Gasteiger partial charge is 0.125 e. The van der Waals surface area contributed by atoms with E-state index in [1.807, 2.05) is 42.8 Å². The lowest BCUT2D eigenvalue weighted by Crippen LogP contribution is -1.96. The Kier molecular flexibility index (Phi) is 7.37. The first-order valence-electron chi connectivity index (χ1n) is 8.06. The van der Waals surface area contributed by atoms with Crippen molar-refractivity contribution >= 4 is 57.9 Å². The molecule has 1 nitrogen and oxygen atoms in total. The molecule has 132 valence electrons. The molecular weight excluding hydrogens is 380 g/mol. The van der Waals surface area contributed by atoms with Gasteiger partial charge in [-0.2, -0.15) is 0 Å². The van der Waals surface area contributed by atoms with E-state index in [2.05, 4.69) is 0 Å². The molecule has 25 heavy (non-hydrogen) atoms. The van der Waals surface area contributed by atoms with Crippen LogP contribution in [0.2, 0.25) is 10.0 Å². The highest BCUT2D eigenvalue weighted by Gasteiger charge is 2.07. The Morgan fingerprint density at radius 1 is 1.00 bits per heavy atom. The van der Waals surface area contributed by atoms with Crippen molar-refractivity contribution in [2.45, 2.75) is 20.4 Å². The van der Waals surface area contributed by atoms with Gasteiger partial charge in [-0.05, 0) is 41.5 Å². The molecule has 2 aromatic carbocycles. The number of alkyl halides is 1. The molecule has 3 rings (SSSR count). The van der Waals surface area contributed by atoms with Gasteiger partial charge in [0, 0.05) is 24.0 Å². The van der Waals surface area contributed by atoms with Gasteiger partial charge in [0.05, 0.1) is 15.6 Å². The Morgan fingerprint density at radius 2 is 1.76 bits per heavy atom. The van der Waals surface area contributed by atoms with E-state index in [1.54, 1.807) is 18.2 Å². The zero-order valence-electron chi connectivity index (χ0n) is 14.1. The summed E-state index contributed by atoms with van der Waals surface area (Å²) < 4.78 is 15.5. The highest BCUT2D eigenvalue weighted by molar-refractivity contribution is 6.42. The minimum absolute atomic E-state index is 0.258.